The van der Waals surface area contributed by atoms with Gasteiger partial charge in [0.15, 0.2) is 23.6 Å². The number of thioether (sulfide) groups is 1. The minimum absolute atomic E-state index is 0.0313. The lowest BCUT2D eigenvalue weighted by Gasteiger charge is -2.50. The molecule has 17 heteroatoms. The number of hydrogen-bond acceptors (Lipinski definition) is 14. The number of nitrogen functional groups attached to an aromatic ring is 2. The van der Waals surface area contributed by atoms with E-state index in [2.05, 4.69) is 20.4 Å². The van der Waals surface area contributed by atoms with Crippen molar-refractivity contribution in [1.82, 2.24) is 20.2 Å². The summed E-state index contributed by atoms with van der Waals surface area (Å²) >= 11 is 2.55. The number of carboxylic acid groups (broad SMARTS) is 1. The second-order valence-corrected chi connectivity index (χ2v) is 11.1. The third-order valence-corrected chi connectivity index (χ3v) is 8.47. The number of hydrogen-bond donors (Lipinski definition) is 3. The number of anilines is 2. The fraction of sp³-hybridized carbons (Fsp3) is 0.280. The van der Waals surface area contributed by atoms with Crippen molar-refractivity contribution in [1.29, 1.82) is 0 Å². The second kappa shape index (κ2) is 12.0. The van der Waals surface area contributed by atoms with Crippen molar-refractivity contribution in [2.75, 3.05) is 30.4 Å². The van der Waals surface area contributed by atoms with E-state index in [1.54, 1.807) is 25.3 Å². The fourth-order valence-corrected chi connectivity index (χ4v) is 6.57. The Hall–Kier alpha value is -4.77. The Kier molecular flexibility index (Phi) is 8.21. The topological polar surface area (TPSA) is 219 Å². The third kappa shape index (κ3) is 5.68. The second-order valence-electron chi connectivity index (χ2n) is 8.95. The van der Waals surface area contributed by atoms with Crippen molar-refractivity contribution in [3.05, 3.63) is 53.5 Å². The van der Waals surface area contributed by atoms with E-state index in [1.807, 2.05) is 4.57 Å². The maximum atomic E-state index is 13.3. The molecule has 2 amide bonds. The van der Waals surface area contributed by atoms with E-state index < -0.39 is 41.8 Å². The van der Waals surface area contributed by atoms with Gasteiger partial charge in [-0.05, 0) is 36.5 Å². The zero-order valence-corrected chi connectivity index (χ0v) is 23.6. The zero-order chi connectivity index (χ0) is 30.0. The van der Waals surface area contributed by atoms with Gasteiger partial charge in [-0.15, -0.1) is 11.8 Å². The van der Waals surface area contributed by atoms with Crippen LogP contribution in [0.3, 0.4) is 0 Å². The number of carbonyl (C=O) groups is 4. The summed E-state index contributed by atoms with van der Waals surface area (Å²) in [6.07, 6.45) is 1.77. The van der Waals surface area contributed by atoms with E-state index in [9.17, 15) is 24.3 Å². The summed E-state index contributed by atoms with van der Waals surface area (Å²) in [6, 6.07) is 6.97. The molecule has 3 aromatic heterocycles. The number of oxime groups is 1. The molecule has 218 valence electrons. The maximum absolute atomic E-state index is 13.3. The molecule has 0 aromatic carbocycles. The number of aliphatic carboxylic acids is 1. The van der Waals surface area contributed by atoms with E-state index in [1.165, 1.54) is 41.3 Å². The average molecular weight is 613 g/mol. The number of thiazole rings is 1. The normalized spacial score (nSPS) is 18.4. The fourth-order valence-electron chi connectivity index (χ4n) is 4.43. The number of amides is 2. The first-order valence-corrected chi connectivity index (χ1v) is 14.4. The van der Waals surface area contributed by atoms with Crippen LogP contribution >= 0.6 is 23.1 Å². The lowest BCUT2D eigenvalue weighted by molar-refractivity contribution is -0.661. The van der Waals surface area contributed by atoms with E-state index in [0.717, 1.165) is 9.73 Å². The number of β-lactam (4-membered cyclic amide) rings is 1. The first-order valence-electron chi connectivity index (χ1n) is 12.5. The Labute approximate surface area is 246 Å². The number of carboxylic acids is 1. The van der Waals surface area contributed by atoms with Gasteiger partial charge in [0, 0.05) is 17.4 Å². The summed E-state index contributed by atoms with van der Waals surface area (Å²) in [5.74, 6) is -3.35. The zero-order valence-electron chi connectivity index (χ0n) is 22.0. The Morgan fingerprint density at radius 3 is 2.79 bits per heavy atom. The molecule has 5 heterocycles. The predicted octanol–water partition coefficient (Wildman–Crippen LogP) is -1.47. The summed E-state index contributed by atoms with van der Waals surface area (Å²) in [4.78, 5) is 65.6. The van der Waals surface area contributed by atoms with Gasteiger partial charge in [0.2, 0.25) is 6.61 Å². The number of ether oxygens (including phenoxy) is 1. The average Bonchev–Trinajstić information content (AvgIpc) is 3.34. The van der Waals surface area contributed by atoms with Crippen LogP contribution in [0.5, 0.6) is 0 Å². The van der Waals surface area contributed by atoms with Crippen molar-refractivity contribution in [3.8, 4) is 0 Å². The molecular weight excluding hydrogens is 588 g/mol. The van der Waals surface area contributed by atoms with Gasteiger partial charge in [-0.3, -0.25) is 14.5 Å². The van der Waals surface area contributed by atoms with Crippen LogP contribution in [0.1, 0.15) is 12.6 Å². The molecule has 1 saturated heterocycles. The van der Waals surface area contributed by atoms with Gasteiger partial charge in [0.25, 0.3) is 16.6 Å². The Balaban J connectivity index is 1.36. The highest BCUT2D eigenvalue weighted by Crippen LogP contribution is 2.40. The minimum Gasteiger partial charge on any atom is -0.543 e. The molecule has 0 aliphatic carbocycles. The van der Waals surface area contributed by atoms with Gasteiger partial charge in [-0.2, -0.15) is 4.57 Å². The predicted molar refractivity (Wildman–Crippen MR) is 149 cm³/mol. The first kappa shape index (κ1) is 28.7. The number of esters is 1. The molecule has 2 aliphatic heterocycles. The lowest BCUT2D eigenvalue weighted by atomic mass is 10.0. The van der Waals surface area contributed by atoms with Crippen LogP contribution in [-0.4, -0.2) is 74.7 Å². The van der Waals surface area contributed by atoms with Crippen molar-refractivity contribution < 1.29 is 38.4 Å². The first-order chi connectivity index (χ1) is 20.2. The van der Waals surface area contributed by atoms with E-state index >= 15 is 0 Å². The van der Waals surface area contributed by atoms with Crippen LogP contribution < -0.4 is 26.5 Å². The van der Waals surface area contributed by atoms with Crippen LogP contribution in [0.2, 0.25) is 0 Å². The van der Waals surface area contributed by atoms with Crippen LogP contribution in [0.15, 0.2) is 53.0 Å². The number of pyridine rings is 2. The van der Waals surface area contributed by atoms with Gasteiger partial charge in [-0.25, -0.2) is 14.8 Å². The number of carbonyl (C=O) groups excluding carboxylic acids is 4. The highest BCUT2D eigenvalue weighted by atomic mass is 32.2. The summed E-state index contributed by atoms with van der Waals surface area (Å²) < 4.78 is 6.59. The van der Waals surface area contributed by atoms with Crippen LogP contribution in [0.4, 0.5) is 10.9 Å². The van der Waals surface area contributed by atoms with Gasteiger partial charge in [0.05, 0.1) is 18.3 Å². The third-order valence-electron chi connectivity index (χ3n) is 6.19. The maximum Gasteiger partial charge on any atom is 0.347 e. The van der Waals surface area contributed by atoms with Gasteiger partial charge < -0.3 is 36.3 Å². The molecule has 0 radical (unpaired) electrons. The molecular formula is C25H24N8O7S2. The van der Waals surface area contributed by atoms with Crippen LogP contribution in [0, 0.1) is 0 Å². The molecule has 0 saturated carbocycles. The van der Waals surface area contributed by atoms with Crippen molar-refractivity contribution in [2.24, 2.45) is 5.16 Å². The van der Waals surface area contributed by atoms with E-state index in [4.69, 9.17) is 21.0 Å². The summed E-state index contributed by atoms with van der Waals surface area (Å²) in [5.41, 5.74) is 12.2. The Morgan fingerprint density at radius 1 is 1.24 bits per heavy atom. The lowest BCUT2D eigenvalue weighted by Crippen LogP contribution is -2.71. The van der Waals surface area contributed by atoms with Crippen molar-refractivity contribution in [3.63, 3.8) is 0 Å². The Bertz CT molecular complexity index is 1660. The molecule has 42 heavy (non-hydrogen) atoms. The largest absolute Gasteiger partial charge is 0.543 e. The molecule has 3 aromatic rings. The Morgan fingerprint density at radius 2 is 2.05 bits per heavy atom. The van der Waals surface area contributed by atoms with E-state index in [0.29, 0.717) is 16.2 Å². The summed E-state index contributed by atoms with van der Waals surface area (Å²) in [6.45, 7) is 1.36. The molecule has 15 nitrogen and oxygen atoms in total. The number of nitrogens with one attached hydrogen (secondary N) is 1. The highest BCUT2D eigenvalue weighted by molar-refractivity contribution is 8.00. The number of fused-ring (bicyclic) bond motifs is 2. The minimum atomic E-state index is -1.51. The van der Waals surface area contributed by atoms with Crippen LogP contribution in [-0.2, 0) is 35.3 Å². The SMILES string of the molecule is CCOC(=O)CON=C(C(=O)NC1C(=O)N2C(C(=O)[O-])=C(C[n+]3cccc4nc(N)sc43)CS[C@@H]12)c1cccc(N)n1. The highest BCUT2D eigenvalue weighted by Gasteiger charge is 2.53. The standard InChI is InChI=1S/C25H24N8O7S2/c1-2-39-16(34)10-40-31-17(13-5-3-7-15(26)28-13)20(35)30-18-21(36)33-19(24(37)38)12(11-41-23(18)33)9-32-8-4-6-14-22(32)42-25(27)29-14/h3-8,18,23H,2,9-11H2,1H3,(H5-,26,27,28,29,30,35,37,38)/t18?,23-/m0/s1. The molecule has 0 spiro atoms. The monoisotopic (exact) mass is 612 g/mol. The molecule has 0 bridgehead atoms. The molecule has 1 unspecified atom stereocenters. The van der Waals surface area contributed by atoms with E-state index in [-0.39, 0.29) is 41.8 Å². The molecule has 1 fully saturated rings. The molecule has 2 atom stereocenters. The quantitative estimate of drug-likeness (QED) is 0.0786. The van der Waals surface area contributed by atoms with Crippen molar-refractivity contribution >= 4 is 73.9 Å². The van der Waals surface area contributed by atoms with Gasteiger partial charge in [-0.1, -0.05) is 11.2 Å². The van der Waals surface area contributed by atoms with Gasteiger partial charge >= 0.3 is 5.97 Å². The number of nitrogens with two attached hydrogens (primary N) is 2. The number of nitrogens with zero attached hydrogens (tertiary/aromatic N) is 5. The van der Waals surface area contributed by atoms with Crippen LogP contribution in [0.25, 0.3) is 10.3 Å². The molecule has 2 aliphatic rings. The number of aromatic nitrogens is 3. The summed E-state index contributed by atoms with van der Waals surface area (Å²) in [5, 5.41) is 18.2. The number of rotatable bonds is 10. The molecule has 5 rings (SSSR count). The molecule has 5 N–H and O–H groups in total. The summed E-state index contributed by atoms with van der Waals surface area (Å²) in [7, 11) is 0. The van der Waals surface area contributed by atoms with Gasteiger partial charge in [0.1, 0.15) is 28.4 Å². The van der Waals surface area contributed by atoms with Crippen molar-refractivity contribution in [2.45, 2.75) is 24.9 Å². The smallest absolute Gasteiger partial charge is 0.347 e.